The largest absolute Gasteiger partial charge is 0.477 e. The number of phosphoric acid groups is 1. The number of rotatable bonds is 6. The molecule has 0 aliphatic heterocycles. The minimum Gasteiger partial charge on any atom is -0.324 e. The van der Waals surface area contributed by atoms with E-state index in [0.29, 0.717) is 6.66 Å². The molecule has 0 aromatic rings. The van der Waals surface area contributed by atoms with Gasteiger partial charge >= 0.3 is 29.0 Å². The van der Waals surface area contributed by atoms with Crippen LogP contribution < -0.4 is 0 Å². The highest BCUT2D eigenvalue weighted by atomic mass is 33.1. The van der Waals surface area contributed by atoms with E-state index in [9.17, 15) is 18.3 Å². The van der Waals surface area contributed by atoms with Crippen molar-refractivity contribution in [2.24, 2.45) is 0 Å². The summed E-state index contributed by atoms with van der Waals surface area (Å²) < 4.78 is 49.9. The van der Waals surface area contributed by atoms with Gasteiger partial charge in [-0.1, -0.05) is 0 Å². The summed E-state index contributed by atoms with van der Waals surface area (Å²) in [5, 5.41) is 0. The van der Waals surface area contributed by atoms with Gasteiger partial charge in [0.1, 0.15) is 0 Å². The van der Waals surface area contributed by atoms with E-state index in [4.69, 9.17) is 24.5 Å². The van der Waals surface area contributed by atoms with Gasteiger partial charge in [-0.15, -0.1) is 0 Å². The van der Waals surface area contributed by atoms with E-state index in [1.54, 1.807) is 0 Å². The molecule has 5 N–H and O–H groups in total. The molecule has 16 heteroatoms. The van der Waals surface area contributed by atoms with Gasteiger partial charge in [-0.25, -0.2) is 18.0 Å². The third-order valence-corrected chi connectivity index (χ3v) is 10.9. The average molecular weight is 352 g/mol. The summed E-state index contributed by atoms with van der Waals surface area (Å²) in [5.41, 5.74) is 0. The monoisotopic (exact) mass is 352 g/mol. The average Bonchev–Trinajstić information content (AvgIpc) is 1.65. The molecule has 0 saturated heterocycles. The molecule has 0 aromatic carbocycles. The predicted octanol–water partition coefficient (Wildman–Crippen LogP) is 0.862. The van der Waals surface area contributed by atoms with Gasteiger partial charge in [0.25, 0.3) is 0 Å². The van der Waals surface area contributed by atoms with Crippen molar-refractivity contribution in [3.63, 3.8) is 0 Å². The minimum atomic E-state index is -5.38. The van der Waals surface area contributed by atoms with Crippen molar-refractivity contribution in [2.75, 3.05) is 6.66 Å². The summed E-state index contributed by atoms with van der Waals surface area (Å²) in [6.45, 7) is -9.81. The van der Waals surface area contributed by atoms with Crippen LogP contribution in [-0.4, -0.2) is 31.1 Å². The van der Waals surface area contributed by atoms with Crippen molar-refractivity contribution in [3.8, 4) is 0 Å². The van der Waals surface area contributed by atoms with Crippen LogP contribution in [0.4, 0.5) is 0 Å². The van der Waals surface area contributed by atoms with E-state index in [-0.39, 0.29) is 0 Å². The summed E-state index contributed by atoms with van der Waals surface area (Å²) in [5.74, 6) is 0. The van der Waals surface area contributed by atoms with Gasteiger partial charge in [-0.3, -0.25) is 4.57 Å². The van der Waals surface area contributed by atoms with Crippen LogP contribution in [0.2, 0.25) is 0 Å². The van der Waals surface area contributed by atoms with E-state index < -0.39 is 40.0 Å². The maximum absolute atomic E-state index is 11.0. The summed E-state index contributed by atoms with van der Waals surface area (Å²) in [7, 11) is -9.82. The van der Waals surface area contributed by atoms with E-state index in [2.05, 4.69) is 8.62 Å². The fourth-order valence-electron chi connectivity index (χ4n) is 0.486. The highest BCUT2D eigenvalue weighted by Gasteiger charge is 2.42. The molecule has 0 amide bonds. The van der Waals surface area contributed by atoms with Crippen molar-refractivity contribution in [1.82, 2.24) is 0 Å². The third kappa shape index (κ3) is 10.6. The Labute approximate surface area is 98.5 Å². The second-order valence-electron chi connectivity index (χ2n) is 2.48. The predicted molar refractivity (Wildman–Crippen MR) is 57.2 cm³/mol. The standard InChI is InChI=1S/CH8O11P4S/c1-13(2,3)11-15(7,8)17-16(9,10)12-14(4,5)6/h1H3,(H,2,3)(H,7,8)(H,9,10)(H2,4,5,6). The molecule has 0 heterocycles. The fourth-order valence-corrected chi connectivity index (χ4v) is 10.8. The zero-order valence-electron chi connectivity index (χ0n) is 7.88. The molecule has 0 spiro atoms. The van der Waals surface area contributed by atoms with Crippen LogP contribution in [0, 0.1) is 0 Å². The van der Waals surface area contributed by atoms with Crippen molar-refractivity contribution >= 4 is 40.0 Å². The maximum atomic E-state index is 11.0. The highest BCUT2D eigenvalue weighted by molar-refractivity contribution is 8.85. The van der Waals surface area contributed by atoms with Crippen LogP contribution in [0.25, 0.3) is 0 Å². The molecule has 0 aliphatic rings. The first-order chi connectivity index (χ1) is 7.12. The van der Waals surface area contributed by atoms with Crippen LogP contribution in [0.3, 0.4) is 0 Å². The van der Waals surface area contributed by atoms with Crippen molar-refractivity contribution in [1.29, 1.82) is 0 Å². The molecule has 104 valence electrons. The first kappa shape index (κ1) is 18.0. The van der Waals surface area contributed by atoms with Crippen LogP contribution in [-0.2, 0) is 26.9 Å². The second-order valence-corrected chi connectivity index (χ2v) is 13.1. The Morgan fingerprint density at radius 1 is 0.824 bits per heavy atom. The van der Waals surface area contributed by atoms with Gasteiger partial charge in [0.2, 0.25) is 0 Å². The summed E-state index contributed by atoms with van der Waals surface area (Å²) in [6.07, 6.45) is 0. The van der Waals surface area contributed by atoms with E-state index in [0.717, 1.165) is 0 Å². The molecule has 3 unspecified atom stereocenters. The lowest BCUT2D eigenvalue weighted by atomic mass is 12.0. The van der Waals surface area contributed by atoms with Crippen molar-refractivity contribution < 1.29 is 51.3 Å². The van der Waals surface area contributed by atoms with E-state index in [1.165, 1.54) is 0 Å². The molecule has 0 saturated carbocycles. The second kappa shape index (κ2) is 5.54. The van der Waals surface area contributed by atoms with Crippen molar-refractivity contribution in [2.45, 2.75) is 0 Å². The summed E-state index contributed by atoms with van der Waals surface area (Å²) in [4.78, 5) is 42.7. The molecule has 0 aromatic heterocycles. The topological polar surface area (TPSA) is 188 Å². The molecule has 3 atom stereocenters. The molecular formula is CH8O11P4S. The van der Waals surface area contributed by atoms with Crippen molar-refractivity contribution in [3.05, 3.63) is 0 Å². The Kier molecular flexibility index (Phi) is 5.87. The van der Waals surface area contributed by atoms with Gasteiger partial charge in [0.15, 0.2) is 0 Å². The van der Waals surface area contributed by atoms with Gasteiger partial charge in [-0.05, 0) is 0 Å². The summed E-state index contributed by atoms with van der Waals surface area (Å²) >= 11 is -0.889. The van der Waals surface area contributed by atoms with E-state index >= 15 is 0 Å². The molecular weight excluding hydrogens is 344 g/mol. The van der Waals surface area contributed by atoms with Crippen LogP contribution in [0.1, 0.15) is 0 Å². The lowest BCUT2D eigenvalue weighted by Gasteiger charge is -2.16. The normalized spacial score (nSPS) is 23.4. The molecule has 0 radical (unpaired) electrons. The van der Waals surface area contributed by atoms with Crippen LogP contribution >= 0.6 is 40.0 Å². The van der Waals surface area contributed by atoms with Gasteiger partial charge in [-0.2, -0.15) is 4.31 Å². The van der Waals surface area contributed by atoms with E-state index in [1.807, 2.05) is 0 Å². The molecule has 0 rings (SSSR count). The highest BCUT2D eigenvalue weighted by Crippen LogP contribution is 2.80. The number of hydrogen-bond donors (Lipinski definition) is 5. The lowest BCUT2D eigenvalue weighted by Crippen LogP contribution is -1.87. The quantitative estimate of drug-likeness (QED) is 0.425. The maximum Gasteiger partial charge on any atom is 0.477 e. The van der Waals surface area contributed by atoms with Gasteiger partial charge in [0, 0.05) is 6.66 Å². The Balaban J connectivity index is 4.84. The Bertz CT molecular complexity index is 412. The zero-order chi connectivity index (χ0) is 14.1. The van der Waals surface area contributed by atoms with Crippen LogP contribution in [0.5, 0.6) is 0 Å². The molecule has 0 bridgehead atoms. The molecule has 0 aliphatic carbocycles. The smallest absolute Gasteiger partial charge is 0.324 e. The SMILES string of the molecule is CP(=O)(O)OP(=O)(O)SP(=O)(O)OP(=O)(O)O. The lowest BCUT2D eigenvalue weighted by molar-refractivity contribution is 0.271. The third-order valence-electron chi connectivity index (χ3n) is 0.671. The molecule has 17 heavy (non-hydrogen) atoms. The Morgan fingerprint density at radius 3 is 1.47 bits per heavy atom. The fraction of sp³-hybridized carbons (Fsp3) is 1.00. The zero-order valence-corrected chi connectivity index (χ0v) is 12.3. The number of hydrogen-bond acceptors (Lipinski definition) is 7. The van der Waals surface area contributed by atoms with Crippen LogP contribution in [0.15, 0.2) is 0 Å². The van der Waals surface area contributed by atoms with Gasteiger partial charge in [0.05, 0.1) is 11.0 Å². The Hall–Kier alpha value is 0.990. The first-order valence-corrected chi connectivity index (χ1v) is 12.0. The molecule has 11 nitrogen and oxygen atoms in total. The minimum absolute atomic E-state index is 0.530. The first-order valence-electron chi connectivity index (χ1n) is 3.27. The summed E-state index contributed by atoms with van der Waals surface area (Å²) in [6, 6.07) is 0. The Morgan fingerprint density at radius 2 is 1.18 bits per heavy atom. The van der Waals surface area contributed by atoms with Gasteiger partial charge < -0.3 is 24.5 Å². The molecule has 0 fully saturated rings.